The highest BCUT2D eigenvalue weighted by atomic mass is 16.3. The quantitative estimate of drug-likeness (QED) is 0.688. The molecular formula is C12H23NO2. The van der Waals surface area contributed by atoms with Crippen LogP contribution in [0.1, 0.15) is 52.9 Å². The van der Waals surface area contributed by atoms with Gasteiger partial charge in [-0.25, -0.2) is 0 Å². The SMILES string of the molecule is CC1CCCCCC1NC(=O)C(C)(C)O. The van der Waals surface area contributed by atoms with Gasteiger partial charge in [0.15, 0.2) is 0 Å². The highest BCUT2D eigenvalue weighted by Crippen LogP contribution is 2.23. The van der Waals surface area contributed by atoms with Gasteiger partial charge in [0.2, 0.25) is 0 Å². The molecule has 2 atom stereocenters. The van der Waals surface area contributed by atoms with Crippen molar-refractivity contribution in [2.45, 2.75) is 64.5 Å². The number of carbonyl (C=O) groups excluding carboxylic acids is 1. The van der Waals surface area contributed by atoms with E-state index < -0.39 is 5.60 Å². The molecule has 0 aliphatic heterocycles. The second kappa shape index (κ2) is 4.97. The Morgan fingerprint density at radius 1 is 1.27 bits per heavy atom. The lowest BCUT2D eigenvalue weighted by Crippen LogP contribution is -2.48. The molecule has 0 aromatic carbocycles. The summed E-state index contributed by atoms with van der Waals surface area (Å²) in [4.78, 5) is 11.6. The summed E-state index contributed by atoms with van der Waals surface area (Å²) in [6, 6.07) is 0.242. The molecule has 15 heavy (non-hydrogen) atoms. The first-order valence-corrected chi connectivity index (χ1v) is 5.94. The molecule has 1 aliphatic rings. The minimum Gasteiger partial charge on any atom is -0.381 e. The summed E-state index contributed by atoms with van der Waals surface area (Å²) in [7, 11) is 0. The van der Waals surface area contributed by atoms with Gasteiger partial charge in [-0.3, -0.25) is 4.79 Å². The Bertz CT molecular complexity index is 220. The highest BCUT2D eigenvalue weighted by Gasteiger charge is 2.28. The van der Waals surface area contributed by atoms with E-state index >= 15 is 0 Å². The van der Waals surface area contributed by atoms with Crippen molar-refractivity contribution in [2.75, 3.05) is 0 Å². The van der Waals surface area contributed by atoms with E-state index in [-0.39, 0.29) is 11.9 Å². The van der Waals surface area contributed by atoms with Gasteiger partial charge >= 0.3 is 0 Å². The van der Waals surface area contributed by atoms with Crippen LogP contribution in [0.4, 0.5) is 0 Å². The van der Waals surface area contributed by atoms with Gasteiger partial charge in [0.1, 0.15) is 5.60 Å². The molecule has 0 bridgehead atoms. The van der Waals surface area contributed by atoms with E-state index in [1.165, 1.54) is 39.5 Å². The van der Waals surface area contributed by atoms with E-state index in [0.717, 1.165) is 6.42 Å². The van der Waals surface area contributed by atoms with Crippen LogP contribution < -0.4 is 5.32 Å². The summed E-state index contributed by atoms with van der Waals surface area (Å²) >= 11 is 0. The maximum Gasteiger partial charge on any atom is 0.251 e. The van der Waals surface area contributed by atoms with Crippen LogP contribution in [0.5, 0.6) is 0 Å². The third kappa shape index (κ3) is 3.82. The molecule has 0 aromatic heterocycles. The van der Waals surface area contributed by atoms with Gasteiger partial charge in [-0.15, -0.1) is 0 Å². The van der Waals surface area contributed by atoms with E-state index in [1.54, 1.807) is 0 Å². The number of carbonyl (C=O) groups is 1. The van der Waals surface area contributed by atoms with E-state index in [0.29, 0.717) is 5.92 Å². The zero-order valence-electron chi connectivity index (χ0n) is 10.0. The number of nitrogens with one attached hydrogen (secondary N) is 1. The first-order chi connectivity index (χ1) is 6.91. The van der Waals surface area contributed by atoms with E-state index in [9.17, 15) is 9.90 Å². The van der Waals surface area contributed by atoms with Crippen molar-refractivity contribution in [1.29, 1.82) is 0 Å². The van der Waals surface area contributed by atoms with Crippen LogP contribution in [-0.2, 0) is 4.79 Å². The van der Waals surface area contributed by atoms with Crippen molar-refractivity contribution in [3.05, 3.63) is 0 Å². The normalized spacial score (nSPS) is 28.3. The minimum absolute atomic E-state index is 0.242. The van der Waals surface area contributed by atoms with Gasteiger partial charge in [-0.1, -0.05) is 26.2 Å². The Kier molecular flexibility index (Phi) is 4.14. The lowest BCUT2D eigenvalue weighted by molar-refractivity contribution is -0.137. The van der Waals surface area contributed by atoms with Crippen molar-refractivity contribution in [3.63, 3.8) is 0 Å². The second-order valence-corrected chi connectivity index (χ2v) is 5.25. The minimum atomic E-state index is -1.26. The molecule has 3 nitrogen and oxygen atoms in total. The lowest BCUT2D eigenvalue weighted by atomic mass is 9.96. The number of rotatable bonds is 2. The Morgan fingerprint density at radius 3 is 2.47 bits per heavy atom. The average Bonchev–Trinajstić information content (AvgIpc) is 2.30. The lowest BCUT2D eigenvalue weighted by Gasteiger charge is -2.26. The van der Waals surface area contributed by atoms with E-state index in [1.807, 2.05) is 0 Å². The molecule has 1 aliphatic carbocycles. The predicted octanol–water partition coefficient (Wildman–Crippen LogP) is 1.84. The molecule has 1 saturated carbocycles. The molecule has 0 radical (unpaired) electrons. The van der Waals surface area contributed by atoms with Gasteiger partial charge < -0.3 is 10.4 Å². The van der Waals surface area contributed by atoms with E-state index in [2.05, 4.69) is 12.2 Å². The Labute approximate surface area is 92.3 Å². The van der Waals surface area contributed by atoms with Crippen LogP contribution in [0.2, 0.25) is 0 Å². The van der Waals surface area contributed by atoms with Crippen LogP contribution in [0.3, 0.4) is 0 Å². The molecule has 0 heterocycles. The third-order valence-electron chi connectivity index (χ3n) is 3.23. The summed E-state index contributed by atoms with van der Waals surface area (Å²) in [6.07, 6.45) is 5.93. The molecule has 0 aromatic rings. The number of hydrogen-bond acceptors (Lipinski definition) is 2. The Hall–Kier alpha value is -0.570. The highest BCUT2D eigenvalue weighted by molar-refractivity contribution is 5.84. The molecule has 2 N–H and O–H groups in total. The standard InChI is InChI=1S/C12H23NO2/c1-9-7-5-4-6-8-10(9)13-11(14)12(2,3)15/h9-10,15H,4-8H2,1-3H3,(H,13,14). The number of amides is 1. The largest absolute Gasteiger partial charge is 0.381 e. The summed E-state index contributed by atoms with van der Waals surface area (Å²) in [5.41, 5.74) is -1.26. The van der Waals surface area contributed by atoms with Crippen molar-refractivity contribution < 1.29 is 9.90 Å². The average molecular weight is 213 g/mol. The fourth-order valence-electron chi connectivity index (χ4n) is 2.05. The zero-order chi connectivity index (χ0) is 11.5. The Morgan fingerprint density at radius 2 is 1.87 bits per heavy atom. The molecule has 1 fully saturated rings. The Balaban J connectivity index is 2.52. The van der Waals surface area contributed by atoms with Gasteiger partial charge in [0.25, 0.3) is 5.91 Å². The summed E-state index contributed by atoms with van der Waals surface area (Å²) in [5.74, 6) is 0.278. The van der Waals surface area contributed by atoms with Crippen molar-refractivity contribution in [3.8, 4) is 0 Å². The van der Waals surface area contributed by atoms with Crippen LogP contribution in [0.25, 0.3) is 0 Å². The molecular weight excluding hydrogens is 190 g/mol. The molecule has 3 heteroatoms. The first-order valence-electron chi connectivity index (χ1n) is 5.94. The maximum absolute atomic E-state index is 11.6. The number of aliphatic hydroxyl groups is 1. The third-order valence-corrected chi connectivity index (χ3v) is 3.23. The fraction of sp³-hybridized carbons (Fsp3) is 0.917. The van der Waals surface area contributed by atoms with Gasteiger partial charge in [0, 0.05) is 6.04 Å². The van der Waals surface area contributed by atoms with Crippen LogP contribution in [-0.4, -0.2) is 22.7 Å². The summed E-state index contributed by atoms with van der Waals surface area (Å²) in [6.45, 7) is 5.24. The van der Waals surface area contributed by atoms with Crippen molar-refractivity contribution in [2.24, 2.45) is 5.92 Å². The monoisotopic (exact) mass is 213 g/mol. The van der Waals surface area contributed by atoms with Crippen molar-refractivity contribution in [1.82, 2.24) is 5.32 Å². The predicted molar refractivity (Wildman–Crippen MR) is 60.5 cm³/mol. The van der Waals surface area contributed by atoms with Crippen molar-refractivity contribution >= 4 is 5.91 Å². The van der Waals surface area contributed by atoms with Crippen LogP contribution in [0.15, 0.2) is 0 Å². The van der Waals surface area contributed by atoms with Gasteiger partial charge in [0.05, 0.1) is 0 Å². The van der Waals surface area contributed by atoms with Gasteiger partial charge in [-0.2, -0.15) is 0 Å². The fourth-order valence-corrected chi connectivity index (χ4v) is 2.05. The molecule has 2 unspecified atom stereocenters. The molecule has 1 rings (SSSR count). The summed E-state index contributed by atoms with van der Waals surface area (Å²) in [5, 5.41) is 12.5. The molecule has 0 spiro atoms. The summed E-state index contributed by atoms with van der Waals surface area (Å²) < 4.78 is 0. The molecule has 88 valence electrons. The molecule has 1 amide bonds. The maximum atomic E-state index is 11.6. The van der Waals surface area contributed by atoms with Crippen LogP contribution >= 0.6 is 0 Å². The van der Waals surface area contributed by atoms with Crippen LogP contribution in [0, 0.1) is 5.92 Å². The second-order valence-electron chi connectivity index (χ2n) is 5.25. The first kappa shape index (κ1) is 12.5. The topological polar surface area (TPSA) is 49.3 Å². The van der Waals surface area contributed by atoms with E-state index in [4.69, 9.17) is 0 Å². The molecule has 0 saturated heterocycles. The zero-order valence-corrected chi connectivity index (χ0v) is 10.0. The van der Waals surface area contributed by atoms with Gasteiger partial charge in [-0.05, 0) is 32.6 Å². The smallest absolute Gasteiger partial charge is 0.251 e. The number of hydrogen-bond donors (Lipinski definition) is 2.